The molecule has 0 unspecified atom stereocenters. The molecule has 0 atom stereocenters. The number of aryl methyl sites for hydroxylation is 2. The van der Waals surface area contributed by atoms with Crippen LogP contribution in [0.15, 0.2) is 0 Å². The highest BCUT2D eigenvalue weighted by Crippen LogP contribution is 2.28. The molecule has 2 aromatic rings. The minimum Gasteiger partial charge on any atom is -0.299 e. The Hall–Kier alpha value is -1.14. The maximum atomic E-state index is 6.28. The van der Waals surface area contributed by atoms with Gasteiger partial charge in [-0.1, -0.05) is 25.4 Å². The zero-order valence-corrected chi connectivity index (χ0v) is 12.4. The van der Waals surface area contributed by atoms with Crippen molar-refractivity contribution in [2.45, 2.75) is 27.3 Å². The quantitative estimate of drug-likeness (QED) is 0.882. The molecule has 2 rings (SSSR count). The fraction of sp³-hybridized carbons (Fsp3) is 0.545. The zero-order chi connectivity index (χ0) is 13.4. The molecule has 0 fully saturated rings. The number of hydrogen-bond acceptors (Lipinski definition) is 3. The van der Waals surface area contributed by atoms with Gasteiger partial charge in [0.15, 0.2) is 10.6 Å². The number of aromatic nitrogens is 5. The Morgan fingerprint density at radius 3 is 2.61 bits per heavy atom. The molecule has 0 amide bonds. The van der Waals surface area contributed by atoms with Crippen molar-refractivity contribution in [2.24, 2.45) is 13.0 Å². The average molecular weight is 286 g/mol. The van der Waals surface area contributed by atoms with Gasteiger partial charge in [0.05, 0.1) is 10.7 Å². The molecule has 0 saturated heterocycles. The van der Waals surface area contributed by atoms with Gasteiger partial charge in [-0.25, -0.2) is 0 Å². The predicted molar refractivity (Wildman–Crippen MR) is 74.2 cm³/mol. The summed E-state index contributed by atoms with van der Waals surface area (Å²) < 4.78 is 4.30. The lowest BCUT2D eigenvalue weighted by Crippen LogP contribution is -2.08. The molecular formula is C11H16ClN5S. The van der Waals surface area contributed by atoms with Crippen LogP contribution in [0, 0.1) is 17.6 Å². The summed E-state index contributed by atoms with van der Waals surface area (Å²) in [5, 5.41) is 12.0. The summed E-state index contributed by atoms with van der Waals surface area (Å²) in [5.74, 6) is 1.21. The van der Waals surface area contributed by atoms with Crippen LogP contribution < -0.4 is 0 Å². The van der Waals surface area contributed by atoms with Crippen molar-refractivity contribution < 1.29 is 0 Å². The molecule has 0 aliphatic carbocycles. The number of halogens is 1. The van der Waals surface area contributed by atoms with E-state index in [1.165, 1.54) is 0 Å². The third-order valence-electron chi connectivity index (χ3n) is 2.67. The topological polar surface area (TPSA) is 51.4 Å². The number of hydrogen-bond donors (Lipinski definition) is 1. The lowest BCUT2D eigenvalue weighted by atomic mass is 10.2. The second kappa shape index (κ2) is 4.85. The minimum absolute atomic E-state index is 0.473. The first-order chi connectivity index (χ1) is 8.41. The molecule has 0 radical (unpaired) electrons. The highest BCUT2D eigenvalue weighted by atomic mass is 35.5. The van der Waals surface area contributed by atoms with E-state index in [-0.39, 0.29) is 0 Å². The molecule has 0 aliphatic rings. The zero-order valence-electron chi connectivity index (χ0n) is 10.9. The van der Waals surface area contributed by atoms with E-state index < -0.39 is 0 Å². The first-order valence-electron chi connectivity index (χ1n) is 5.76. The fourth-order valence-corrected chi connectivity index (χ4v) is 2.36. The summed E-state index contributed by atoms with van der Waals surface area (Å²) in [5.41, 5.74) is 1.58. The molecule has 7 heteroatoms. The molecular weight excluding hydrogens is 270 g/mol. The van der Waals surface area contributed by atoms with Gasteiger partial charge < -0.3 is 0 Å². The van der Waals surface area contributed by atoms with Gasteiger partial charge in [-0.3, -0.25) is 14.3 Å². The normalized spacial score (nSPS) is 11.4. The Bertz CT molecular complexity index is 622. The van der Waals surface area contributed by atoms with Crippen LogP contribution in [0.2, 0.25) is 5.02 Å². The molecule has 0 spiro atoms. The van der Waals surface area contributed by atoms with E-state index in [9.17, 15) is 0 Å². The van der Waals surface area contributed by atoms with Crippen LogP contribution in [0.5, 0.6) is 0 Å². The number of aromatic amines is 1. The predicted octanol–water partition coefficient (Wildman–Crippen LogP) is 2.96. The summed E-state index contributed by atoms with van der Waals surface area (Å²) in [6.45, 7) is 6.94. The van der Waals surface area contributed by atoms with Crippen molar-refractivity contribution in [1.29, 1.82) is 0 Å². The SMILES string of the molecule is Cc1nn(C)c(-c2n[nH]c(=S)n2CC(C)C)c1Cl. The van der Waals surface area contributed by atoms with Crippen molar-refractivity contribution in [2.75, 3.05) is 0 Å². The Kier molecular flexibility index (Phi) is 3.59. The molecule has 18 heavy (non-hydrogen) atoms. The van der Waals surface area contributed by atoms with Crippen LogP contribution in [-0.2, 0) is 13.6 Å². The third-order valence-corrected chi connectivity index (χ3v) is 3.43. The smallest absolute Gasteiger partial charge is 0.195 e. The fourth-order valence-electron chi connectivity index (χ4n) is 1.91. The lowest BCUT2D eigenvalue weighted by molar-refractivity contribution is 0.520. The lowest BCUT2D eigenvalue weighted by Gasteiger charge is -2.09. The van der Waals surface area contributed by atoms with Gasteiger partial charge in [0, 0.05) is 13.6 Å². The van der Waals surface area contributed by atoms with Gasteiger partial charge in [0.2, 0.25) is 0 Å². The molecule has 0 saturated carbocycles. The standard InChI is InChI=1S/C11H16ClN5S/c1-6(2)5-17-10(13-14-11(17)18)9-8(12)7(3)15-16(9)4/h6H,5H2,1-4H3,(H,14,18). The molecule has 1 N–H and O–H groups in total. The maximum absolute atomic E-state index is 6.28. The van der Waals surface area contributed by atoms with Crippen LogP contribution in [0.4, 0.5) is 0 Å². The van der Waals surface area contributed by atoms with Crippen LogP contribution in [0.25, 0.3) is 11.5 Å². The third kappa shape index (κ3) is 2.22. The molecule has 5 nitrogen and oxygen atoms in total. The van der Waals surface area contributed by atoms with Crippen LogP contribution in [0.1, 0.15) is 19.5 Å². The summed E-state index contributed by atoms with van der Waals surface area (Å²) in [4.78, 5) is 0. The van der Waals surface area contributed by atoms with Crippen LogP contribution >= 0.6 is 23.8 Å². The summed E-state index contributed by atoms with van der Waals surface area (Å²) in [6.07, 6.45) is 0. The van der Waals surface area contributed by atoms with Crippen molar-refractivity contribution in [3.63, 3.8) is 0 Å². The summed E-state index contributed by atoms with van der Waals surface area (Å²) in [6, 6.07) is 0. The number of rotatable bonds is 3. The van der Waals surface area contributed by atoms with E-state index in [2.05, 4.69) is 29.1 Å². The molecule has 0 bridgehead atoms. The van der Waals surface area contributed by atoms with E-state index in [0.717, 1.165) is 23.8 Å². The summed E-state index contributed by atoms with van der Waals surface area (Å²) in [7, 11) is 1.85. The highest BCUT2D eigenvalue weighted by Gasteiger charge is 2.19. The van der Waals surface area contributed by atoms with Gasteiger partial charge in [-0.2, -0.15) is 10.2 Å². The molecule has 98 valence electrons. The van der Waals surface area contributed by atoms with Crippen molar-refractivity contribution >= 4 is 23.8 Å². The van der Waals surface area contributed by atoms with Gasteiger partial charge in [0.25, 0.3) is 0 Å². The first kappa shape index (κ1) is 13.3. The number of H-pyrrole nitrogens is 1. The largest absolute Gasteiger partial charge is 0.299 e. The summed E-state index contributed by atoms with van der Waals surface area (Å²) >= 11 is 11.5. The Labute approximate surface area is 116 Å². The van der Waals surface area contributed by atoms with Crippen LogP contribution in [0.3, 0.4) is 0 Å². The van der Waals surface area contributed by atoms with Gasteiger partial charge in [-0.15, -0.1) is 0 Å². The average Bonchev–Trinajstić information content (AvgIpc) is 2.71. The van der Waals surface area contributed by atoms with Gasteiger partial charge >= 0.3 is 0 Å². The highest BCUT2D eigenvalue weighted by molar-refractivity contribution is 7.71. The first-order valence-corrected chi connectivity index (χ1v) is 6.55. The van der Waals surface area contributed by atoms with Crippen LogP contribution in [-0.4, -0.2) is 24.5 Å². The Morgan fingerprint density at radius 1 is 1.44 bits per heavy atom. The molecule has 0 aromatic carbocycles. The maximum Gasteiger partial charge on any atom is 0.195 e. The molecule has 2 heterocycles. The molecule has 0 aliphatic heterocycles. The van der Waals surface area contributed by atoms with Crippen molar-refractivity contribution in [3.05, 3.63) is 15.5 Å². The molecule has 2 aromatic heterocycles. The van der Waals surface area contributed by atoms with E-state index in [4.69, 9.17) is 23.8 Å². The van der Waals surface area contributed by atoms with E-state index >= 15 is 0 Å². The number of nitrogens with one attached hydrogen (secondary N) is 1. The van der Waals surface area contributed by atoms with E-state index in [0.29, 0.717) is 15.7 Å². The van der Waals surface area contributed by atoms with E-state index in [1.54, 1.807) is 4.68 Å². The van der Waals surface area contributed by atoms with Gasteiger partial charge in [0.1, 0.15) is 5.69 Å². The second-order valence-electron chi connectivity index (χ2n) is 4.73. The Balaban J connectivity index is 2.61. The monoisotopic (exact) mass is 285 g/mol. The van der Waals surface area contributed by atoms with E-state index in [1.807, 2.05) is 18.5 Å². The Morgan fingerprint density at radius 2 is 2.11 bits per heavy atom. The number of nitrogens with zero attached hydrogens (tertiary/aromatic N) is 4. The van der Waals surface area contributed by atoms with Crippen molar-refractivity contribution in [1.82, 2.24) is 24.5 Å². The minimum atomic E-state index is 0.473. The van der Waals surface area contributed by atoms with Gasteiger partial charge in [-0.05, 0) is 25.1 Å². The second-order valence-corrected chi connectivity index (χ2v) is 5.49. The van der Waals surface area contributed by atoms with Crippen molar-refractivity contribution in [3.8, 4) is 11.5 Å².